The Kier molecular flexibility index (Phi) is 2.68. The van der Waals surface area contributed by atoms with Gasteiger partial charge in [0.05, 0.1) is 0 Å². The third kappa shape index (κ3) is 1.99. The molecule has 3 heteroatoms. The Labute approximate surface area is 61.2 Å². The van der Waals surface area contributed by atoms with Gasteiger partial charge >= 0.3 is 0 Å². The van der Waals surface area contributed by atoms with E-state index >= 15 is 0 Å². The quantitative estimate of drug-likeness (QED) is 0.564. The van der Waals surface area contributed by atoms with Crippen LogP contribution in [-0.2, 0) is 4.79 Å². The smallest absolute Gasteiger partial charge is 0.220 e. The average molecular weight is 142 g/mol. The van der Waals surface area contributed by atoms with Gasteiger partial charge in [-0.2, -0.15) is 0 Å². The summed E-state index contributed by atoms with van der Waals surface area (Å²) in [4.78, 5) is 10.8. The van der Waals surface area contributed by atoms with Gasteiger partial charge in [0, 0.05) is 19.0 Å². The second kappa shape index (κ2) is 3.56. The van der Waals surface area contributed by atoms with Crippen molar-refractivity contribution in [3.05, 3.63) is 0 Å². The Balaban J connectivity index is 2.25. The van der Waals surface area contributed by atoms with Crippen molar-refractivity contribution in [1.82, 2.24) is 10.6 Å². The number of hydrogen-bond acceptors (Lipinski definition) is 2. The predicted octanol–water partition coefficient (Wildman–Crippen LogP) is -0.126. The van der Waals surface area contributed by atoms with Gasteiger partial charge in [-0.25, -0.2) is 0 Å². The van der Waals surface area contributed by atoms with E-state index in [4.69, 9.17) is 0 Å². The van der Waals surface area contributed by atoms with Crippen LogP contribution in [0.25, 0.3) is 0 Å². The number of piperidine rings is 1. The van der Waals surface area contributed by atoms with E-state index in [1.54, 1.807) is 0 Å². The molecule has 0 spiro atoms. The van der Waals surface area contributed by atoms with Crippen LogP contribution in [0.4, 0.5) is 0 Å². The van der Waals surface area contributed by atoms with Gasteiger partial charge in [0.2, 0.25) is 5.91 Å². The second-order valence-electron chi connectivity index (χ2n) is 2.71. The summed E-state index contributed by atoms with van der Waals surface area (Å²) in [6, 6.07) is 0.367. The Bertz CT molecular complexity index is 123. The predicted molar refractivity (Wildman–Crippen MR) is 39.7 cm³/mol. The molecule has 0 aromatic heterocycles. The van der Waals surface area contributed by atoms with Crippen LogP contribution >= 0.6 is 0 Å². The zero-order valence-corrected chi connectivity index (χ0v) is 6.31. The molecule has 0 radical (unpaired) electrons. The zero-order valence-electron chi connectivity index (χ0n) is 6.31. The highest BCUT2D eigenvalue weighted by Gasteiger charge is 2.16. The molecule has 1 rings (SSSR count). The van der Waals surface area contributed by atoms with Gasteiger partial charge in [-0.1, -0.05) is 0 Å². The standard InChI is InChI=1S/C7H14N2O/c1-8-5-6-3-2-4-7(10)9-6/h6,8H,2-5H2,1H3,(H,9,10)/t6-/m0/s1. The molecular weight excluding hydrogens is 128 g/mol. The fraction of sp³-hybridized carbons (Fsp3) is 0.857. The van der Waals surface area contributed by atoms with E-state index in [0.717, 1.165) is 19.4 Å². The lowest BCUT2D eigenvalue weighted by molar-refractivity contribution is -0.123. The summed E-state index contributed by atoms with van der Waals surface area (Å²) < 4.78 is 0. The molecule has 2 N–H and O–H groups in total. The Morgan fingerprint density at radius 1 is 1.80 bits per heavy atom. The number of carbonyl (C=O) groups is 1. The van der Waals surface area contributed by atoms with Gasteiger partial charge in [0.15, 0.2) is 0 Å². The van der Waals surface area contributed by atoms with E-state index < -0.39 is 0 Å². The van der Waals surface area contributed by atoms with Gasteiger partial charge in [-0.15, -0.1) is 0 Å². The highest BCUT2D eigenvalue weighted by molar-refractivity contribution is 5.76. The first-order valence-corrected chi connectivity index (χ1v) is 3.77. The van der Waals surface area contributed by atoms with Gasteiger partial charge in [-0.3, -0.25) is 4.79 Å². The topological polar surface area (TPSA) is 41.1 Å². The van der Waals surface area contributed by atoms with Gasteiger partial charge in [-0.05, 0) is 19.9 Å². The van der Waals surface area contributed by atoms with Crippen molar-refractivity contribution < 1.29 is 4.79 Å². The molecule has 0 aromatic rings. The molecule has 1 amide bonds. The molecule has 1 aliphatic rings. The van der Waals surface area contributed by atoms with Crippen LogP contribution in [0, 0.1) is 0 Å². The maximum atomic E-state index is 10.8. The third-order valence-electron chi connectivity index (χ3n) is 1.77. The van der Waals surface area contributed by atoms with Crippen molar-refractivity contribution in [2.75, 3.05) is 13.6 Å². The minimum Gasteiger partial charge on any atom is -0.352 e. The van der Waals surface area contributed by atoms with E-state index in [1.165, 1.54) is 0 Å². The van der Waals surface area contributed by atoms with Crippen LogP contribution < -0.4 is 10.6 Å². The number of hydrogen-bond donors (Lipinski definition) is 2. The first kappa shape index (κ1) is 7.54. The molecule has 58 valence electrons. The van der Waals surface area contributed by atoms with Crippen LogP contribution in [0.2, 0.25) is 0 Å². The van der Waals surface area contributed by atoms with Gasteiger partial charge in [0.1, 0.15) is 0 Å². The SMILES string of the molecule is CNC[C@@H]1CCCC(=O)N1. The molecule has 1 saturated heterocycles. The number of amides is 1. The Morgan fingerprint density at radius 2 is 2.60 bits per heavy atom. The van der Waals surface area contributed by atoms with Crippen molar-refractivity contribution in [3.8, 4) is 0 Å². The maximum Gasteiger partial charge on any atom is 0.220 e. The van der Waals surface area contributed by atoms with Crippen molar-refractivity contribution in [2.45, 2.75) is 25.3 Å². The maximum absolute atomic E-state index is 10.8. The first-order chi connectivity index (χ1) is 4.83. The lowest BCUT2D eigenvalue weighted by atomic mass is 10.0. The van der Waals surface area contributed by atoms with Crippen LogP contribution in [0.5, 0.6) is 0 Å². The van der Waals surface area contributed by atoms with Gasteiger partial charge in [0.25, 0.3) is 0 Å². The first-order valence-electron chi connectivity index (χ1n) is 3.77. The number of likely N-dealkylation sites (N-methyl/N-ethyl adjacent to an activating group) is 1. The summed E-state index contributed by atoms with van der Waals surface area (Å²) in [5.74, 6) is 0.200. The number of nitrogens with one attached hydrogen (secondary N) is 2. The molecule has 0 bridgehead atoms. The molecule has 0 aliphatic carbocycles. The normalized spacial score (nSPS) is 26.1. The van der Waals surface area contributed by atoms with Crippen molar-refractivity contribution >= 4 is 5.91 Å². The molecule has 0 saturated carbocycles. The van der Waals surface area contributed by atoms with E-state index in [1.807, 2.05) is 7.05 Å². The summed E-state index contributed by atoms with van der Waals surface area (Å²) in [6.45, 7) is 0.895. The van der Waals surface area contributed by atoms with E-state index in [0.29, 0.717) is 12.5 Å². The van der Waals surface area contributed by atoms with Crippen molar-refractivity contribution in [1.29, 1.82) is 0 Å². The monoisotopic (exact) mass is 142 g/mol. The van der Waals surface area contributed by atoms with Crippen LogP contribution in [-0.4, -0.2) is 25.5 Å². The van der Waals surface area contributed by atoms with E-state index in [9.17, 15) is 4.79 Å². The average Bonchev–Trinajstić information content (AvgIpc) is 1.88. The largest absolute Gasteiger partial charge is 0.352 e. The molecule has 10 heavy (non-hydrogen) atoms. The minimum absolute atomic E-state index is 0.200. The molecule has 0 aromatic carbocycles. The molecule has 1 fully saturated rings. The molecule has 1 aliphatic heterocycles. The summed E-state index contributed by atoms with van der Waals surface area (Å²) in [7, 11) is 1.90. The van der Waals surface area contributed by atoms with E-state index in [2.05, 4.69) is 10.6 Å². The summed E-state index contributed by atoms with van der Waals surface area (Å²) in [5.41, 5.74) is 0. The second-order valence-corrected chi connectivity index (χ2v) is 2.71. The number of rotatable bonds is 2. The van der Waals surface area contributed by atoms with E-state index in [-0.39, 0.29) is 5.91 Å². The fourth-order valence-electron chi connectivity index (χ4n) is 1.28. The molecule has 0 unspecified atom stereocenters. The molecule has 1 heterocycles. The van der Waals surface area contributed by atoms with Crippen LogP contribution in [0.3, 0.4) is 0 Å². The Hall–Kier alpha value is -0.570. The highest BCUT2D eigenvalue weighted by Crippen LogP contribution is 2.06. The Morgan fingerprint density at radius 3 is 3.20 bits per heavy atom. The summed E-state index contributed by atoms with van der Waals surface area (Å²) >= 11 is 0. The van der Waals surface area contributed by atoms with Crippen LogP contribution in [0.15, 0.2) is 0 Å². The van der Waals surface area contributed by atoms with Crippen molar-refractivity contribution in [2.24, 2.45) is 0 Å². The van der Waals surface area contributed by atoms with Crippen molar-refractivity contribution in [3.63, 3.8) is 0 Å². The lowest BCUT2D eigenvalue weighted by Gasteiger charge is -2.22. The zero-order chi connectivity index (χ0) is 7.40. The minimum atomic E-state index is 0.200. The van der Waals surface area contributed by atoms with Gasteiger partial charge < -0.3 is 10.6 Å². The highest BCUT2D eigenvalue weighted by atomic mass is 16.1. The fourth-order valence-corrected chi connectivity index (χ4v) is 1.28. The number of carbonyl (C=O) groups excluding carboxylic acids is 1. The molecule has 3 nitrogen and oxygen atoms in total. The summed E-state index contributed by atoms with van der Waals surface area (Å²) in [6.07, 6.45) is 2.87. The summed E-state index contributed by atoms with van der Waals surface area (Å²) in [5, 5.41) is 5.96. The third-order valence-corrected chi connectivity index (χ3v) is 1.77. The van der Waals surface area contributed by atoms with Crippen LogP contribution in [0.1, 0.15) is 19.3 Å². The molecular formula is C7H14N2O. The molecule has 1 atom stereocenters. The lowest BCUT2D eigenvalue weighted by Crippen LogP contribution is -2.44.